The average molecular weight is 364 g/mol. The molecule has 27 heavy (non-hydrogen) atoms. The molecule has 1 unspecified atom stereocenters. The SMILES string of the molecule is COc1ccc(C(N)=O)cc1C1C=C[C@@]2(CCCN[C@H]2c2ccccc2)O1. The van der Waals surface area contributed by atoms with Crippen LogP contribution in [0.2, 0.25) is 0 Å². The molecule has 2 aromatic rings. The number of ether oxygens (including phenoxy) is 2. The van der Waals surface area contributed by atoms with E-state index in [1.807, 2.05) is 6.07 Å². The second-order valence-electron chi connectivity index (χ2n) is 7.07. The molecule has 2 aliphatic heterocycles. The molecule has 2 aromatic carbocycles. The highest BCUT2D eigenvalue weighted by Crippen LogP contribution is 2.47. The van der Waals surface area contributed by atoms with Crippen molar-refractivity contribution in [3.8, 4) is 5.75 Å². The molecule has 0 aromatic heterocycles. The first-order valence-electron chi connectivity index (χ1n) is 9.26. The fourth-order valence-corrected chi connectivity index (χ4v) is 4.12. The number of carbonyl (C=O) groups excluding carboxylic acids is 1. The van der Waals surface area contributed by atoms with Crippen molar-refractivity contribution in [3.63, 3.8) is 0 Å². The molecule has 140 valence electrons. The molecule has 1 fully saturated rings. The molecule has 1 saturated heterocycles. The van der Waals surface area contributed by atoms with E-state index in [4.69, 9.17) is 15.2 Å². The standard InChI is InChI=1S/C22H24N2O3/c1-26-18-9-8-16(21(23)25)14-17(18)19-10-12-22(27-19)11-5-13-24-20(22)15-6-3-2-4-7-15/h2-4,6-10,12,14,19-20,24H,5,11,13H2,1H3,(H2,23,25)/t19?,20-,22+/m0/s1. The van der Waals surface area contributed by atoms with Gasteiger partial charge >= 0.3 is 0 Å². The Balaban J connectivity index is 1.67. The molecule has 2 heterocycles. The summed E-state index contributed by atoms with van der Waals surface area (Å²) in [6, 6.07) is 15.7. The minimum Gasteiger partial charge on any atom is -0.496 e. The number of hydrogen-bond acceptors (Lipinski definition) is 4. The Morgan fingerprint density at radius 1 is 1.26 bits per heavy atom. The third-order valence-electron chi connectivity index (χ3n) is 5.43. The molecule has 0 saturated carbocycles. The van der Waals surface area contributed by atoms with Crippen LogP contribution in [0.1, 0.15) is 46.5 Å². The van der Waals surface area contributed by atoms with Gasteiger partial charge < -0.3 is 20.5 Å². The highest BCUT2D eigenvalue weighted by molar-refractivity contribution is 5.93. The maximum Gasteiger partial charge on any atom is 0.248 e. The summed E-state index contributed by atoms with van der Waals surface area (Å²) >= 11 is 0. The number of amides is 1. The van der Waals surface area contributed by atoms with E-state index in [2.05, 4.69) is 41.7 Å². The zero-order chi connectivity index (χ0) is 18.9. The molecule has 0 aliphatic carbocycles. The molecule has 5 heteroatoms. The van der Waals surface area contributed by atoms with Crippen molar-refractivity contribution in [2.45, 2.75) is 30.6 Å². The third kappa shape index (κ3) is 3.24. The molecule has 2 aliphatic rings. The highest BCUT2D eigenvalue weighted by atomic mass is 16.5. The lowest BCUT2D eigenvalue weighted by molar-refractivity contribution is -0.0673. The van der Waals surface area contributed by atoms with E-state index in [-0.39, 0.29) is 12.1 Å². The summed E-state index contributed by atoms with van der Waals surface area (Å²) in [4.78, 5) is 11.6. The van der Waals surface area contributed by atoms with Gasteiger partial charge in [0.2, 0.25) is 5.91 Å². The number of benzene rings is 2. The number of methoxy groups -OCH3 is 1. The molecule has 1 amide bonds. The lowest BCUT2D eigenvalue weighted by atomic mass is 9.82. The summed E-state index contributed by atoms with van der Waals surface area (Å²) in [6.45, 7) is 0.962. The Bertz CT molecular complexity index is 865. The zero-order valence-corrected chi connectivity index (χ0v) is 15.4. The van der Waals surface area contributed by atoms with Crippen molar-refractivity contribution in [1.29, 1.82) is 0 Å². The summed E-state index contributed by atoms with van der Waals surface area (Å²) in [7, 11) is 1.62. The Kier molecular flexibility index (Phi) is 4.72. The first kappa shape index (κ1) is 17.8. The van der Waals surface area contributed by atoms with Crippen molar-refractivity contribution in [3.05, 3.63) is 77.4 Å². The molecular formula is C22H24N2O3. The van der Waals surface area contributed by atoms with E-state index in [1.165, 1.54) is 5.56 Å². The van der Waals surface area contributed by atoms with Crippen LogP contribution >= 0.6 is 0 Å². The first-order chi connectivity index (χ1) is 13.1. The lowest BCUT2D eigenvalue weighted by Crippen LogP contribution is -2.47. The summed E-state index contributed by atoms with van der Waals surface area (Å²) in [5.74, 6) is 0.226. The highest BCUT2D eigenvalue weighted by Gasteiger charge is 2.45. The Labute approximate surface area is 159 Å². The van der Waals surface area contributed by atoms with Gasteiger partial charge in [-0.2, -0.15) is 0 Å². The van der Waals surface area contributed by atoms with Crippen LogP contribution in [0, 0.1) is 0 Å². The normalized spacial score (nSPS) is 27.0. The quantitative estimate of drug-likeness (QED) is 0.817. The van der Waals surface area contributed by atoms with Gasteiger partial charge in [0.1, 0.15) is 17.5 Å². The van der Waals surface area contributed by atoms with Crippen molar-refractivity contribution in [2.75, 3.05) is 13.7 Å². The van der Waals surface area contributed by atoms with Crippen LogP contribution in [0.15, 0.2) is 60.7 Å². The lowest BCUT2D eigenvalue weighted by Gasteiger charge is -2.41. The van der Waals surface area contributed by atoms with E-state index in [0.29, 0.717) is 11.3 Å². The van der Waals surface area contributed by atoms with Gasteiger partial charge in [0, 0.05) is 11.1 Å². The molecular weight excluding hydrogens is 340 g/mol. The number of carbonyl (C=O) groups is 1. The number of rotatable bonds is 4. The van der Waals surface area contributed by atoms with E-state index in [9.17, 15) is 4.79 Å². The second kappa shape index (κ2) is 7.18. The second-order valence-corrected chi connectivity index (χ2v) is 7.07. The summed E-state index contributed by atoms with van der Waals surface area (Å²) in [5, 5.41) is 3.62. The summed E-state index contributed by atoms with van der Waals surface area (Å²) in [5.41, 5.74) is 7.52. The van der Waals surface area contributed by atoms with Crippen LogP contribution in [0.25, 0.3) is 0 Å². The van der Waals surface area contributed by atoms with Crippen LogP contribution in [-0.4, -0.2) is 25.2 Å². The fraction of sp³-hybridized carbons (Fsp3) is 0.318. The van der Waals surface area contributed by atoms with Crippen LogP contribution in [-0.2, 0) is 4.74 Å². The molecule has 1 spiro atoms. The Morgan fingerprint density at radius 3 is 2.81 bits per heavy atom. The monoisotopic (exact) mass is 364 g/mol. The van der Waals surface area contributed by atoms with Gasteiger partial charge in [-0.15, -0.1) is 0 Å². The molecule has 4 rings (SSSR count). The molecule has 5 nitrogen and oxygen atoms in total. The molecule has 0 radical (unpaired) electrons. The number of nitrogens with one attached hydrogen (secondary N) is 1. The van der Waals surface area contributed by atoms with Crippen LogP contribution in [0.4, 0.5) is 0 Å². The summed E-state index contributed by atoms with van der Waals surface area (Å²) < 4.78 is 12.1. The van der Waals surface area contributed by atoms with E-state index in [1.54, 1.807) is 25.3 Å². The fourth-order valence-electron chi connectivity index (χ4n) is 4.12. The van der Waals surface area contributed by atoms with Crippen molar-refractivity contribution >= 4 is 5.91 Å². The Hall–Kier alpha value is -2.63. The van der Waals surface area contributed by atoms with Gasteiger partial charge in [0.05, 0.1) is 13.2 Å². The maximum atomic E-state index is 11.6. The predicted molar refractivity (Wildman–Crippen MR) is 104 cm³/mol. The average Bonchev–Trinajstić information content (AvgIpc) is 3.12. The third-order valence-corrected chi connectivity index (χ3v) is 5.43. The first-order valence-corrected chi connectivity index (χ1v) is 9.26. The predicted octanol–water partition coefficient (Wildman–Crippen LogP) is 3.29. The number of nitrogens with two attached hydrogens (primary N) is 1. The van der Waals surface area contributed by atoms with E-state index >= 15 is 0 Å². The van der Waals surface area contributed by atoms with Gasteiger partial charge in [0.25, 0.3) is 0 Å². The van der Waals surface area contributed by atoms with Crippen molar-refractivity contribution in [2.24, 2.45) is 5.73 Å². The number of primary amides is 1. The minimum absolute atomic E-state index is 0.0824. The van der Waals surface area contributed by atoms with Crippen LogP contribution < -0.4 is 15.8 Å². The number of piperidine rings is 1. The maximum absolute atomic E-state index is 11.6. The van der Waals surface area contributed by atoms with Gasteiger partial charge in [-0.25, -0.2) is 0 Å². The Morgan fingerprint density at radius 2 is 2.07 bits per heavy atom. The molecule has 0 bridgehead atoms. The van der Waals surface area contributed by atoms with E-state index in [0.717, 1.165) is 24.9 Å². The topological polar surface area (TPSA) is 73.6 Å². The van der Waals surface area contributed by atoms with Crippen molar-refractivity contribution in [1.82, 2.24) is 5.32 Å². The summed E-state index contributed by atoms with van der Waals surface area (Å²) in [6.07, 6.45) is 5.91. The van der Waals surface area contributed by atoms with E-state index < -0.39 is 11.5 Å². The largest absolute Gasteiger partial charge is 0.496 e. The van der Waals surface area contributed by atoms with Crippen LogP contribution in [0.3, 0.4) is 0 Å². The zero-order valence-electron chi connectivity index (χ0n) is 15.4. The van der Waals surface area contributed by atoms with Gasteiger partial charge in [-0.1, -0.05) is 42.5 Å². The van der Waals surface area contributed by atoms with Crippen molar-refractivity contribution < 1.29 is 14.3 Å². The number of hydrogen-bond donors (Lipinski definition) is 2. The van der Waals surface area contributed by atoms with Crippen LogP contribution in [0.5, 0.6) is 5.75 Å². The van der Waals surface area contributed by atoms with Gasteiger partial charge in [0.15, 0.2) is 0 Å². The van der Waals surface area contributed by atoms with Gasteiger partial charge in [-0.3, -0.25) is 4.79 Å². The molecule has 3 N–H and O–H groups in total. The minimum atomic E-state index is -0.461. The molecule has 3 atom stereocenters. The smallest absolute Gasteiger partial charge is 0.248 e. The van der Waals surface area contributed by atoms with Gasteiger partial charge in [-0.05, 0) is 43.1 Å².